The van der Waals surface area contributed by atoms with Gasteiger partial charge in [-0.15, -0.1) is 0 Å². The molecule has 0 fully saturated rings. The van der Waals surface area contributed by atoms with Gasteiger partial charge in [-0.3, -0.25) is 0 Å². The molecule has 0 aromatic heterocycles. The van der Waals surface area contributed by atoms with Crippen molar-refractivity contribution in [1.29, 1.82) is 0 Å². The van der Waals surface area contributed by atoms with Crippen molar-refractivity contribution >= 4 is 12.0 Å². The van der Waals surface area contributed by atoms with Crippen molar-refractivity contribution < 1.29 is 34.0 Å². The zero-order chi connectivity index (χ0) is 20.5. The SMILES string of the molecule is COc1cc(CCCOC(=O)/C=C/c2cc(OC)c(O)c(OC)c2)ccc1O. The normalized spacial score (nSPS) is 10.7. The molecule has 0 saturated carbocycles. The monoisotopic (exact) mass is 388 g/mol. The molecule has 0 unspecified atom stereocenters. The number of hydrogen-bond donors (Lipinski definition) is 2. The molecular formula is C21H24O7. The highest BCUT2D eigenvalue weighted by Gasteiger charge is 2.10. The molecule has 7 heteroatoms. The van der Waals surface area contributed by atoms with Crippen LogP contribution in [0.3, 0.4) is 0 Å². The molecule has 0 amide bonds. The lowest BCUT2D eigenvalue weighted by Crippen LogP contribution is -2.03. The van der Waals surface area contributed by atoms with Gasteiger partial charge in [0, 0.05) is 6.08 Å². The molecule has 0 aliphatic rings. The van der Waals surface area contributed by atoms with Crippen molar-refractivity contribution in [2.24, 2.45) is 0 Å². The van der Waals surface area contributed by atoms with E-state index in [1.807, 2.05) is 0 Å². The molecule has 0 aliphatic carbocycles. The van der Waals surface area contributed by atoms with Crippen LogP contribution in [0.5, 0.6) is 28.7 Å². The quantitative estimate of drug-likeness (QED) is 0.387. The zero-order valence-electron chi connectivity index (χ0n) is 16.1. The molecule has 0 saturated heterocycles. The van der Waals surface area contributed by atoms with Gasteiger partial charge in [0.15, 0.2) is 23.0 Å². The van der Waals surface area contributed by atoms with E-state index in [9.17, 15) is 15.0 Å². The van der Waals surface area contributed by atoms with E-state index in [0.717, 1.165) is 5.56 Å². The summed E-state index contributed by atoms with van der Waals surface area (Å²) in [5, 5.41) is 19.5. The van der Waals surface area contributed by atoms with E-state index in [1.165, 1.54) is 27.4 Å². The van der Waals surface area contributed by atoms with E-state index in [0.29, 0.717) is 24.2 Å². The van der Waals surface area contributed by atoms with Crippen LogP contribution >= 0.6 is 0 Å². The van der Waals surface area contributed by atoms with Gasteiger partial charge in [0.1, 0.15) is 0 Å². The number of carbonyl (C=O) groups is 1. The van der Waals surface area contributed by atoms with Crippen LogP contribution < -0.4 is 14.2 Å². The molecule has 2 rings (SSSR count). The Balaban J connectivity index is 1.86. The van der Waals surface area contributed by atoms with Gasteiger partial charge in [-0.2, -0.15) is 0 Å². The van der Waals surface area contributed by atoms with Crippen LogP contribution in [0.15, 0.2) is 36.4 Å². The maximum Gasteiger partial charge on any atom is 0.330 e. The Morgan fingerprint density at radius 3 is 2.21 bits per heavy atom. The van der Waals surface area contributed by atoms with Crippen molar-refractivity contribution in [3.8, 4) is 28.7 Å². The van der Waals surface area contributed by atoms with E-state index in [-0.39, 0.29) is 29.6 Å². The zero-order valence-corrected chi connectivity index (χ0v) is 16.1. The number of aryl methyl sites for hydroxylation is 1. The average molecular weight is 388 g/mol. The fourth-order valence-corrected chi connectivity index (χ4v) is 2.55. The minimum atomic E-state index is -0.478. The summed E-state index contributed by atoms with van der Waals surface area (Å²) in [6.07, 6.45) is 4.17. The third-order valence-electron chi connectivity index (χ3n) is 4.01. The number of phenolic OH excluding ortho intramolecular Hbond substituents is 2. The summed E-state index contributed by atoms with van der Waals surface area (Å²) in [5.74, 6) is 0.417. The Hall–Kier alpha value is -3.35. The van der Waals surface area contributed by atoms with Crippen molar-refractivity contribution in [3.05, 3.63) is 47.5 Å². The minimum Gasteiger partial charge on any atom is -0.504 e. The molecule has 0 radical (unpaired) electrons. The molecule has 2 N–H and O–H groups in total. The molecule has 0 spiro atoms. The van der Waals surface area contributed by atoms with E-state index >= 15 is 0 Å². The van der Waals surface area contributed by atoms with Crippen LogP contribution in [-0.4, -0.2) is 44.1 Å². The number of benzene rings is 2. The third-order valence-corrected chi connectivity index (χ3v) is 4.01. The van der Waals surface area contributed by atoms with Crippen molar-refractivity contribution in [2.45, 2.75) is 12.8 Å². The second-order valence-corrected chi connectivity index (χ2v) is 5.88. The topological polar surface area (TPSA) is 94.5 Å². The Labute approximate surface area is 163 Å². The smallest absolute Gasteiger partial charge is 0.330 e. The molecular weight excluding hydrogens is 364 g/mol. The third kappa shape index (κ3) is 5.57. The van der Waals surface area contributed by atoms with Gasteiger partial charge in [-0.1, -0.05) is 6.07 Å². The number of phenols is 2. The van der Waals surface area contributed by atoms with Crippen LogP contribution in [0.2, 0.25) is 0 Å². The Morgan fingerprint density at radius 2 is 1.61 bits per heavy atom. The lowest BCUT2D eigenvalue weighted by atomic mass is 10.1. The van der Waals surface area contributed by atoms with Crippen molar-refractivity contribution in [2.75, 3.05) is 27.9 Å². The van der Waals surface area contributed by atoms with Crippen LogP contribution in [0.25, 0.3) is 6.08 Å². The summed E-state index contributed by atoms with van der Waals surface area (Å²) in [5.41, 5.74) is 1.60. The van der Waals surface area contributed by atoms with Gasteiger partial charge in [0.25, 0.3) is 0 Å². The maximum atomic E-state index is 11.9. The number of aromatic hydroxyl groups is 2. The van der Waals surface area contributed by atoms with Gasteiger partial charge >= 0.3 is 5.97 Å². The highest BCUT2D eigenvalue weighted by molar-refractivity contribution is 5.87. The van der Waals surface area contributed by atoms with Crippen LogP contribution in [-0.2, 0) is 16.0 Å². The van der Waals surface area contributed by atoms with E-state index < -0.39 is 5.97 Å². The molecule has 0 heterocycles. The average Bonchev–Trinajstić information content (AvgIpc) is 2.71. The van der Waals surface area contributed by atoms with Crippen molar-refractivity contribution in [3.63, 3.8) is 0 Å². The Bertz CT molecular complexity index is 818. The Kier molecular flexibility index (Phi) is 7.56. The first-order valence-electron chi connectivity index (χ1n) is 8.64. The van der Waals surface area contributed by atoms with E-state index in [4.69, 9.17) is 18.9 Å². The van der Waals surface area contributed by atoms with Gasteiger partial charge in [0.2, 0.25) is 5.75 Å². The first-order chi connectivity index (χ1) is 13.5. The number of ether oxygens (including phenoxy) is 4. The van der Waals surface area contributed by atoms with Crippen molar-refractivity contribution in [1.82, 2.24) is 0 Å². The number of esters is 1. The molecule has 28 heavy (non-hydrogen) atoms. The number of hydrogen-bond acceptors (Lipinski definition) is 7. The molecule has 0 atom stereocenters. The van der Waals surface area contributed by atoms with Gasteiger partial charge in [0.05, 0.1) is 27.9 Å². The highest BCUT2D eigenvalue weighted by Crippen LogP contribution is 2.37. The fourth-order valence-electron chi connectivity index (χ4n) is 2.55. The summed E-state index contributed by atoms with van der Waals surface area (Å²) in [6.45, 7) is 0.259. The molecule has 7 nitrogen and oxygen atoms in total. The van der Waals surface area contributed by atoms with Gasteiger partial charge in [-0.25, -0.2) is 4.79 Å². The first-order valence-corrected chi connectivity index (χ1v) is 8.64. The molecule has 2 aromatic carbocycles. The highest BCUT2D eigenvalue weighted by atomic mass is 16.5. The largest absolute Gasteiger partial charge is 0.504 e. The predicted molar refractivity (Wildman–Crippen MR) is 104 cm³/mol. The summed E-state index contributed by atoms with van der Waals surface area (Å²) in [4.78, 5) is 11.9. The Morgan fingerprint density at radius 1 is 0.964 bits per heavy atom. The van der Waals surface area contributed by atoms with Gasteiger partial charge in [-0.05, 0) is 54.3 Å². The lowest BCUT2D eigenvalue weighted by molar-refractivity contribution is -0.137. The lowest BCUT2D eigenvalue weighted by Gasteiger charge is -2.09. The minimum absolute atomic E-state index is 0.0882. The number of rotatable bonds is 9. The molecule has 0 aliphatic heterocycles. The van der Waals surface area contributed by atoms with Crippen LogP contribution in [0, 0.1) is 0 Å². The fraction of sp³-hybridized carbons (Fsp3) is 0.286. The second kappa shape index (κ2) is 10.1. The van der Waals surface area contributed by atoms with E-state index in [2.05, 4.69) is 0 Å². The maximum absolute atomic E-state index is 11.9. The summed E-state index contributed by atoms with van der Waals surface area (Å²) in [7, 11) is 4.35. The molecule has 150 valence electrons. The van der Waals surface area contributed by atoms with Gasteiger partial charge < -0.3 is 29.2 Å². The van der Waals surface area contributed by atoms with E-state index in [1.54, 1.807) is 36.4 Å². The summed E-state index contributed by atoms with van der Waals surface area (Å²) in [6, 6.07) is 8.29. The standard InChI is InChI=1S/C21H24O7/c1-25-17-11-14(6-8-16(17)22)5-4-10-28-20(23)9-7-15-12-18(26-2)21(24)19(13-15)27-3/h6-9,11-13,22,24H,4-5,10H2,1-3H3/b9-7+. The number of methoxy groups -OCH3 is 3. The summed E-state index contributed by atoms with van der Waals surface area (Å²) < 4.78 is 20.4. The molecule has 0 bridgehead atoms. The van der Waals surface area contributed by atoms with Crippen LogP contribution in [0.1, 0.15) is 17.5 Å². The second-order valence-electron chi connectivity index (χ2n) is 5.88. The first kappa shape index (κ1) is 21.0. The number of carbonyl (C=O) groups excluding carboxylic acids is 1. The molecule has 2 aromatic rings. The summed E-state index contributed by atoms with van der Waals surface area (Å²) >= 11 is 0. The predicted octanol–water partition coefficient (Wildman–Crippen LogP) is 3.31. The van der Waals surface area contributed by atoms with Crippen LogP contribution in [0.4, 0.5) is 0 Å².